The van der Waals surface area contributed by atoms with Crippen LogP contribution in [0, 0.1) is 5.92 Å². The van der Waals surface area contributed by atoms with Crippen LogP contribution in [0.5, 0.6) is 0 Å². The van der Waals surface area contributed by atoms with Crippen molar-refractivity contribution in [1.29, 1.82) is 0 Å². The van der Waals surface area contributed by atoms with E-state index in [4.69, 9.17) is 0 Å². The molecule has 0 atom stereocenters. The number of methoxy groups -OCH3 is 1. The van der Waals surface area contributed by atoms with E-state index in [2.05, 4.69) is 22.2 Å². The van der Waals surface area contributed by atoms with Gasteiger partial charge in [-0.2, -0.15) is 0 Å². The van der Waals surface area contributed by atoms with E-state index >= 15 is 0 Å². The van der Waals surface area contributed by atoms with E-state index in [0.29, 0.717) is 11.5 Å². The molecule has 1 N–H and O–H groups in total. The van der Waals surface area contributed by atoms with E-state index in [-0.39, 0.29) is 5.97 Å². The molecule has 1 aliphatic rings. The number of nitrogens with one attached hydrogen (secondary N) is 1. The minimum absolute atomic E-state index is 0.288. The van der Waals surface area contributed by atoms with Crippen LogP contribution in [-0.2, 0) is 4.74 Å². The molecule has 0 bridgehead atoms. The van der Waals surface area contributed by atoms with Gasteiger partial charge in [0.05, 0.1) is 12.7 Å². The summed E-state index contributed by atoms with van der Waals surface area (Å²) in [5.41, 5.74) is 1.72. The van der Waals surface area contributed by atoms with Gasteiger partial charge < -0.3 is 10.1 Å². The van der Waals surface area contributed by atoms with Gasteiger partial charge in [0, 0.05) is 0 Å². The van der Waals surface area contributed by atoms with Crippen molar-refractivity contribution in [3.63, 3.8) is 0 Å². The zero-order valence-electron chi connectivity index (χ0n) is 10.7. The van der Waals surface area contributed by atoms with Crippen LogP contribution in [0.15, 0.2) is 30.3 Å². The zero-order valence-corrected chi connectivity index (χ0v) is 10.7. The average Bonchev–Trinajstić information content (AvgIpc) is 2.46. The first kappa shape index (κ1) is 12.8. The van der Waals surface area contributed by atoms with Gasteiger partial charge in [0.15, 0.2) is 0 Å². The van der Waals surface area contributed by atoms with Crippen LogP contribution in [0.1, 0.15) is 28.8 Å². The van der Waals surface area contributed by atoms with E-state index in [1.54, 1.807) is 12.1 Å². The van der Waals surface area contributed by atoms with Crippen LogP contribution in [0.4, 0.5) is 0 Å². The summed E-state index contributed by atoms with van der Waals surface area (Å²) in [6, 6.07) is 7.50. The molecule has 1 aliphatic heterocycles. The summed E-state index contributed by atoms with van der Waals surface area (Å²) in [5, 5.41) is 3.35. The molecule has 3 nitrogen and oxygen atoms in total. The fraction of sp³-hybridized carbons (Fsp3) is 0.400. The summed E-state index contributed by atoms with van der Waals surface area (Å²) in [6.07, 6.45) is 6.82. The first-order valence-corrected chi connectivity index (χ1v) is 6.37. The topological polar surface area (TPSA) is 38.3 Å². The molecule has 18 heavy (non-hydrogen) atoms. The maximum absolute atomic E-state index is 11.3. The highest BCUT2D eigenvalue weighted by Crippen LogP contribution is 2.15. The molecule has 0 radical (unpaired) electrons. The summed E-state index contributed by atoms with van der Waals surface area (Å²) in [7, 11) is 1.40. The summed E-state index contributed by atoms with van der Waals surface area (Å²) < 4.78 is 4.67. The van der Waals surface area contributed by atoms with E-state index in [1.165, 1.54) is 20.0 Å². The Kier molecular flexibility index (Phi) is 4.53. The molecule has 1 aromatic rings. The summed E-state index contributed by atoms with van der Waals surface area (Å²) in [6.45, 7) is 2.21. The molecule has 0 amide bonds. The maximum Gasteiger partial charge on any atom is 0.337 e. The van der Waals surface area contributed by atoms with Crippen molar-refractivity contribution in [3.8, 4) is 0 Å². The Labute approximate surface area is 108 Å². The van der Waals surface area contributed by atoms with Gasteiger partial charge in [0.2, 0.25) is 0 Å². The van der Waals surface area contributed by atoms with Crippen molar-refractivity contribution < 1.29 is 9.53 Å². The molecular weight excluding hydrogens is 226 g/mol. The number of carbonyl (C=O) groups is 1. The smallest absolute Gasteiger partial charge is 0.337 e. The summed E-state index contributed by atoms with van der Waals surface area (Å²) in [4.78, 5) is 11.3. The molecule has 0 spiro atoms. The van der Waals surface area contributed by atoms with Crippen LogP contribution in [-0.4, -0.2) is 26.2 Å². The van der Waals surface area contributed by atoms with Crippen molar-refractivity contribution in [2.75, 3.05) is 20.2 Å². The quantitative estimate of drug-likeness (QED) is 0.831. The van der Waals surface area contributed by atoms with Crippen molar-refractivity contribution >= 4 is 12.0 Å². The predicted octanol–water partition coefficient (Wildman–Crippen LogP) is 2.49. The van der Waals surface area contributed by atoms with Crippen molar-refractivity contribution in [2.45, 2.75) is 12.8 Å². The van der Waals surface area contributed by atoms with Crippen LogP contribution < -0.4 is 5.32 Å². The van der Waals surface area contributed by atoms with Gasteiger partial charge in [-0.1, -0.05) is 24.3 Å². The normalized spacial score (nSPS) is 16.9. The molecular formula is C15H19NO2. The van der Waals surface area contributed by atoms with Crippen LogP contribution in [0.3, 0.4) is 0 Å². The van der Waals surface area contributed by atoms with E-state index in [9.17, 15) is 4.79 Å². The van der Waals surface area contributed by atoms with Crippen LogP contribution >= 0.6 is 0 Å². The Morgan fingerprint density at radius 3 is 2.56 bits per heavy atom. The fourth-order valence-corrected chi connectivity index (χ4v) is 2.13. The summed E-state index contributed by atoms with van der Waals surface area (Å²) >= 11 is 0. The van der Waals surface area contributed by atoms with Crippen LogP contribution in [0.25, 0.3) is 6.08 Å². The average molecular weight is 245 g/mol. The third kappa shape index (κ3) is 3.44. The van der Waals surface area contributed by atoms with Crippen LogP contribution in [0.2, 0.25) is 0 Å². The highest BCUT2D eigenvalue weighted by molar-refractivity contribution is 5.89. The second kappa shape index (κ2) is 6.36. The largest absolute Gasteiger partial charge is 0.465 e. The van der Waals surface area contributed by atoms with Crippen molar-refractivity contribution in [1.82, 2.24) is 5.32 Å². The zero-order chi connectivity index (χ0) is 12.8. The number of allylic oxidation sites excluding steroid dienone is 1. The number of piperidine rings is 1. The molecule has 0 unspecified atom stereocenters. The van der Waals surface area contributed by atoms with E-state index in [0.717, 1.165) is 18.7 Å². The Hall–Kier alpha value is -1.61. The lowest BCUT2D eigenvalue weighted by molar-refractivity contribution is 0.0601. The van der Waals surface area contributed by atoms with Gasteiger partial charge in [-0.15, -0.1) is 0 Å². The molecule has 2 rings (SSSR count). The second-order valence-corrected chi connectivity index (χ2v) is 4.56. The molecule has 0 aromatic heterocycles. The number of esters is 1. The second-order valence-electron chi connectivity index (χ2n) is 4.56. The van der Waals surface area contributed by atoms with Gasteiger partial charge in [0.1, 0.15) is 0 Å². The Morgan fingerprint density at radius 2 is 1.94 bits per heavy atom. The highest BCUT2D eigenvalue weighted by Gasteiger charge is 2.09. The minimum Gasteiger partial charge on any atom is -0.465 e. The molecule has 96 valence electrons. The fourth-order valence-electron chi connectivity index (χ4n) is 2.13. The van der Waals surface area contributed by atoms with Crippen molar-refractivity contribution in [3.05, 3.63) is 41.5 Å². The number of hydrogen-bond acceptors (Lipinski definition) is 3. The monoisotopic (exact) mass is 245 g/mol. The highest BCUT2D eigenvalue weighted by atomic mass is 16.5. The molecule has 0 aliphatic carbocycles. The van der Waals surface area contributed by atoms with Crippen molar-refractivity contribution in [2.24, 2.45) is 5.92 Å². The standard InChI is InChI=1S/C15H19NO2/c1-18-15(17)14-6-4-12(5-7-14)2-3-13-8-10-16-11-9-13/h2-7,13,16H,8-11H2,1H3/b3-2+. The number of benzene rings is 1. The Bertz CT molecular complexity index is 417. The predicted molar refractivity (Wildman–Crippen MR) is 72.4 cm³/mol. The molecule has 1 aromatic carbocycles. The molecule has 3 heteroatoms. The first-order chi connectivity index (χ1) is 8.79. The lowest BCUT2D eigenvalue weighted by Gasteiger charge is -2.19. The van der Waals surface area contributed by atoms with E-state index < -0.39 is 0 Å². The van der Waals surface area contributed by atoms with Gasteiger partial charge >= 0.3 is 5.97 Å². The number of hydrogen-bond donors (Lipinski definition) is 1. The molecule has 1 heterocycles. The lowest BCUT2D eigenvalue weighted by atomic mass is 9.97. The first-order valence-electron chi connectivity index (χ1n) is 6.37. The maximum atomic E-state index is 11.3. The molecule has 1 fully saturated rings. The lowest BCUT2D eigenvalue weighted by Crippen LogP contribution is -2.26. The number of carbonyl (C=O) groups excluding carboxylic acids is 1. The Morgan fingerprint density at radius 1 is 1.28 bits per heavy atom. The molecule has 0 saturated carbocycles. The Balaban J connectivity index is 1.97. The third-order valence-corrected chi connectivity index (χ3v) is 3.28. The van der Waals surface area contributed by atoms with Gasteiger partial charge in [0.25, 0.3) is 0 Å². The van der Waals surface area contributed by atoms with Gasteiger partial charge in [-0.3, -0.25) is 0 Å². The van der Waals surface area contributed by atoms with Gasteiger partial charge in [-0.05, 0) is 49.5 Å². The minimum atomic E-state index is -0.288. The third-order valence-electron chi connectivity index (χ3n) is 3.28. The number of ether oxygens (including phenoxy) is 1. The van der Waals surface area contributed by atoms with E-state index in [1.807, 2.05) is 12.1 Å². The summed E-state index contributed by atoms with van der Waals surface area (Å²) in [5.74, 6) is 0.385. The van der Waals surface area contributed by atoms with Gasteiger partial charge in [-0.25, -0.2) is 4.79 Å². The number of rotatable bonds is 3. The molecule has 1 saturated heterocycles. The SMILES string of the molecule is COC(=O)c1ccc(/C=C/C2CCNCC2)cc1.